The molecule has 0 bridgehead atoms. The maximum absolute atomic E-state index is 10.8. The molecule has 0 aromatic carbocycles. The minimum atomic E-state index is -1.72. The molecule has 0 aliphatic heterocycles. The van der Waals surface area contributed by atoms with Crippen molar-refractivity contribution in [1.29, 1.82) is 0 Å². The van der Waals surface area contributed by atoms with Gasteiger partial charge in [0.25, 0.3) is 0 Å². The van der Waals surface area contributed by atoms with Gasteiger partial charge in [-0.1, -0.05) is 6.92 Å². The summed E-state index contributed by atoms with van der Waals surface area (Å²) in [6.07, 6.45) is 2.42. The molecular formula is C6H14ClO2P. The van der Waals surface area contributed by atoms with E-state index in [9.17, 15) is 4.57 Å². The fraction of sp³-hybridized carbons (Fsp3) is 1.00. The second-order valence-corrected chi connectivity index (χ2v) is 3.92. The molecule has 0 saturated carbocycles. The number of alkyl halides is 1. The molecule has 4 heteroatoms. The lowest BCUT2D eigenvalue weighted by Crippen LogP contribution is -1.88. The monoisotopic (exact) mass is 184 g/mol. The first-order valence-electron chi connectivity index (χ1n) is 3.52. The highest BCUT2D eigenvalue weighted by Crippen LogP contribution is 2.22. The van der Waals surface area contributed by atoms with Gasteiger partial charge in [-0.3, -0.25) is 4.57 Å². The van der Waals surface area contributed by atoms with Crippen LogP contribution in [0.2, 0.25) is 0 Å². The molecule has 10 heavy (non-hydrogen) atoms. The Morgan fingerprint density at radius 1 is 1.60 bits per heavy atom. The van der Waals surface area contributed by atoms with Gasteiger partial charge in [-0.15, -0.1) is 11.6 Å². The van der Waals surface area contributed by atoms with Crippen molar-refractivity contribution in [1.82, 2.24) is 0 Å². The molecule has 0 amide bonds. The van der Waals surface area contributed by atoms with Crippen LogP contribution in [0, 0.1) is 0 Å². The van der Waals surface area contributed by atoms with Crippen molar-refractivity contribution in [2.75, 3.05) is 18.6 Å². The summed E-state index contributed by atoms with van der Waals surface area (Å²) < 4.78 is 15.8. The van der Waals surface area contributed by atoms with Crippen LogP contribution in [0.25, 0.3) is 0 Å². The van der Waals surface area contributed by atoms with Crippen LogP contribution in [0.3, 0.4) is 0 Å². The zero-order valence-electron chi connectivity index (χ0n) is 6.23. The summed E-state index contributed by atoms with van der Waals surface area (Å²) in [5.74, 6) is 0.585. The maximum Gasteiger partial charge on any atom is 0.191 e. The quantitative estimate of drug-likeness (QED) is 0.360. The molecule has 62 valence electrons. The SMILES string of the molecule is CCC[PH](=O)OCCCCl. The third-order valence-corrected chi connectivity index (χ3v) is 2.70. The second kappa shape index (κ2) is 7.59. The lowest BCUT2D eigenvalue weighted by atomic mass is 10.5. The molecule has 1 unspecified atom stereocenters. The summed E-state index contributed by atoms with van der Waals surface area (Å²) >= 11 is 5.39. The van der Waals surface area contributed by atoms with Gasteiger partial charge in [0.1, 0.15) is 0 Å². The summed E-state index contributed by atoms with van der Waals surface area (Å²) in [7, 11) is -1.72. The Morgan fingerprint density at radius 2 is 2.30 bits per heavy atom. The number of hydrogen-bond donors (Lipinski definition) is 0. The Balaban J connectivity index is 3.05. The van der Waals surface area contributed by atoms with Gasteiger partial charge in [-0.2, -0.15) is 0 Å². The van der Waals surface area contributed by atoms with Crippen molar-refractivity contribution in [2.24, 2.45) is 0 Å². The summed E-state index contributed by atoms with van der Waals surface area (Å²) in [4.78, 5) is 0. The normalized spacial score (nSPS) is 13.4. The zero-order chi connectivity index (χ0) is 7.82. The van der Waals surface area contributed by atoms with Crippen molar-refractivity contribution in [2.45, 2.75) is 19.8 Å². The smallest absolute Gasteiger partial charge is 0.191 e. The van der Waals surface area contributed by atoms with E-state index >= 15 is 0 Å². The summed E-state index contributed by atoms with van der Waals surface area (Å²) in [6, 6.07) is 0. The third-order valence-electron chi connectivity index (χ3n) is 0.995. The summed E-state index contributed by atoms with van der Waals surface area (Å²) in [6.45, 7) is 2.54. The van der Waals surface area contributed by atoms with Gasteiger partial charge in [0.2, 0.25) is 0 Å². The predicted molar refractivity (Wildman–Crippen MR) is 45.4 cm³/mol. The van der Waals surface area contributed by atoms with E-state index < -0.39 is 8.03 Å². The first-order valence-corrected chi connectivity index (χ1v) is 5.58. The Kier molecular flexibility index (Phi) is 7.95. The first kappa shape index (κ1) is 10.5. The predicted octanol–water partition coefficient (Wildman–Crippen LogP) is 2.52. The van der Waals surface area contributed by atoms with Gasteiger partial charge in [0, 0.05) is 12.0 Å². The highest BCUT2D eigenvalue weighted by Gasteiger charge is 1.95. The Bertz CT molecular complexity index is 97.7. The maximum atomic E-state index is 10.8. The van der Waals surface area contributed by atoms with Crippen LogP contribution in [0.1, 0.15) is 19.8 Å². The van der Waals surface area contributed by atoms with Gasteiger partial charge < -0.3 is 4.52 Å². The molecule has 0 aromatic rings. The first-order chi connectivity index (χ1) is 4.81. The van der Waals surface area contributed by atoms with Gasteiger partial charge in [-0.25, -0.2) is 0 Å². The summed E-state index contributed by atoms with van der Waals surface area (Å²) in [5.41, 5.74) is 0. The molecule has 0 radical (unpaired) electrons. The number of halogens is 1. The molecule has 0 N–H and O–H groups in total. The van der Waals surface area contributed by atoms with Crippen LogP contribution in [0.4, 0.5) is 0 Å². The van der Waals surface area contributed by atoms with E-state index in [1.165, 1.54) is 0 Å². The minimum absolute atomic E-state index is 0.543. The van der Waals surface area contributed by atoms with E-state index in [4.69, 9.17) is 16.1 Å². The molecule has 0 heterocycles. The van der Waals surface area contributed by atoms with E-state index in [2.05, 4.69) is 0 Å². The average Bonchev–Trinajstić information content (AvgIpc) is 1.89. The lowest BCUT2D eigenvalue weighted by molar-refractivity contribution is 0.329. The van der Waals surface area contributed by atoms with E-state index in [1.807, 2.05) is 6.92 Å². The molecule has 2 nitrogen and oxygen atoms in total. The molecule has 0 spiro atoms. The number of hydrogen-bond acceptors (Lipinski definition) is 2. The van der Waals surface area contributed by atoms with E-state index in [-0.39, 0.29) is 0 Å². The molecule has 0 rings (SSSR count). The Labute approximate surface area is 67.8 Å². The van der Waals surface area contributed by atoms with Crippen molar-refractivity contribution in [3.63, 3.8) is 0 Å². The topological polar surface area (TPSA) is 26.3 Å². The summed E-state index contributed by atoms with van der Waals surface area (Å²) in [5, 5.41) is 0. The highest BCUT2D eigenvalue weighted by atomic mass is 35.5. The molecular weight excluding hydrogens is 170 g/mol. The molecule has 0 fully saturated rings. The fourth-order valence-corrected chi connectivity index (χ4v) is 1.55. The lowest BCUT2D eigenvalue weighted by Gasteiger charge is -1.99. The van der Waals surface area contributed by atoms with Gasteiger partial charge >= 0.3 is 0 Å². The molecule has 0 aliphatic carbocycles. The van der Waals surface area contributed by atoms with Crippen LogP contribution in [-0.4, -0.2) is 18.6 Å². The van der Waals surface area contributed by atoms with Gasteiger partial charge in [0.15, 0.2) is 8.03 Å². The molecule has 0 aliphatic rings. The number of rotatable bonds is 6. The van der Waals surface area contributed by atoms with Crippen molar-refractivity contribution < 1.29 is 9.09 Å². The third kappa shape index (κ3) is 6.60. The molecule has 0 aromatic heterocycles. The van der Waals surface area contributed by atoms with Crippen LogP contribution in [0.15, 0.2) is 0 Å². The highest BCUT2D eigenvalue weighted by molar-refractivity contribution is 7.39. The Morgan fingerprint density at radius 3 is 2.80 bits per heavy atom. The Hall–Kier alpha value is 0.480. The zero-order valence-corrected chi connectivity index (χ0v) is 7.99. The molecule has 1 atom stereocenters. The van der Waals surface area contributed by atoms with Crippen LogP contribution in [-0.2, 0) is 9.09 Å². The van der Waals surface area contributed by atoms with Crippen molar-refractivity contribution in [3.8, 4) is 0 Å². The largest absolute Gasteiger partial charge is 0.330 e. The fourth-order valence-electron chi connectivity index (χ4n) is 0.517. The minimum Gasteiger partial charge on any atom is -0.330 e. The van der Waals surface area contributed by atoms with Crippen LogP contribution < -0.4 is 0 Å². The van der Waals surface area contributed by atoms with Gasteiger partial charge in [0.05, 0.1) is 6.61 Å². The van der Waals surface area contributed by atoms with E-state index in [0.717, 1.165) is 12.8 Å². The van der Waals surface area contributed by atoms with E-state index in [1.54, 1.807) is 0 Å². The molecule has 0 saturated heterocycles. The van der Waals surface area contributed by atoms with Crippen molar-refractivity contribution >= 4 is 19.6 Å². The van der Waals surface area contributed by atoms with E-state index in [0.29, 0.717) is 18.6 Å². The van der Waals surface area contributed by atoms with Gasteiger partial charge in [-0.05, 0) is 12.8 Å². The average molecular weight is 185 g/mol. The van der Waals surface area contributed by atoms with Crippen molar-refractivity contribution in [3.05, 3.63) is 0 Å². The van der Waals surface area contributed by atoms with Crippen LogP contribution >= 0.6 is 19.6 Å². The second-order valence-electron chi connectivity index (χ2n) is 2.01. The standard InChI is InChI=1S/C6H14ClO2P/c1-2-6-10(8)9-5-3-4-7/h10H,2-6H2,1H3. The van der Waals surface area contributed by atoms with Crippen LogP contribution in [0.5, 0.6) is 0 Å².